The molecule has 2 aromatic rings. The van der Waals surface area contributed by atoms with Crippen LogP contribution in [0.5, 0.6) is 5.75 Å². The summed E-state index contributed by atoms with van der Waals surface area (Å²) in [6.45, 7) is 6.13. The fourth-order valence-electron chi connectivity index (χ4n) is 1.84. The number of hydrogen-bond donors (Lipinski definition) is 2. The van der Waals surface area contributed by atoms with Crippen molar-refractivity contribution < 1.29 is 4.74 Å². The van der Waals surface area contributed by atoms with Gasteiger partial charge < -0.3 is 15.8 Å². The molecule has 3 N–H and O–H groups in total. The Morgan fingerprint density at radius 3 is 2.63 bits per heavy atom. The van der Waals surface area contributed by atoms with E-state index in [0.717, 1.165) is 11.4 Å². The van der Waals surface area contributed by atoms with Gasteiger partial charge in [-0.2, -0.15) is 0 Å². The number of rotatable bonds is 5. The Labute approximate surface area is 118 Å². The average molecular weight is 276 g/mol. The maximum Gasteiger partial charge on any atom is 0.144 e. The zero-order valence-corrected chi connectivity index (χ0v) is 12.3. The van der Waals surface area contributed by atoms with Crippen molar-refractivity contribution in [3.05, 3.63) is 40.6 Å². The van der Waals surface area contributed by atoms with Crippen molar-refractivity contribution in [1.82, 2.24) is 0 Å². The number of hydrogen-bond acceptors (Lipinski definition) is 4. The van der Waals surface area contributed by atoms with Crippen molar-refractivity contribution in [3.63, 3.8) is 0 Å². The molecule has 4 heteroatoms. The molecule has 2 rings (SSSR count). The summed E-state index contributed by atoms with van der Waals surface area (Å²) in [5.41, 5.74) is 7.60. The molecule has 0 aliphatic rings. The van der Waals surface area contributed by atoms with E-state index in [2.05, 4.69) is 29.8 Å². The van der Waals surface area contributed by atoms with Crippen LogP contribution < -0.4 is 15.8 Å². The van der Waals surface area contributed by atoms with Crippen molar-refractivity contribution >= 4 is 22.7 Å². The molecule has 0 spiro atoms. The zero-order chi connectivity index (χ0) is 13.8. The van der Waals surface area contributed by atoms with Gasteiger partial charge in [-0.3, -0.25) is 0 Å². The molecule has 0 fully saturated rings. The summed E-state index contributed by atoms with van der Waals surface area (Å²) in [5, 5.41) is 5.55. The van der Waals surface area contributed by atoms with Crippen molar-refractivity contribution in [2.45, 2.75) is 32.9 Å². The number of nitrogens with one attached hydrogen (secondary N) is 1. The smallest absolute Gasteiger partial charge is 0.144 e. The van der Waals surface area contributed by atoms with Crippen molar-refractivity contribution in [2.24, 2.45) is 0 Å². The SMILES string of the molecule is CC(C)Oc1cc(NC(C)c2cccs2)ccc1N. The molecule has 0 amide bonds. The molecule has 1 unspecified atom stereocenters. The molecule has 102 valence electrons. The van der Waals surface area contributed by atoms with Gasteiger partial charge in [-0.1, -0.05) is 6.07 Å². The minimum atomic E-state index is 0.118. The first-order chi connectivity index (χ1) is 9.06. The van der Waals surface area contributed by atoms with E-state index in [-0.39, 0.29) is 12.1 Å². The second-order valence-corrected chi connectivity index (χ2v) is 5.78. The number of ether oxygens (including phenoxy) is 1. The van der Waals surface area contributed by atoms with E-state index in [9.17, 15) is 0 Å². The lowest BCUT2D eigenvalue weighted by Crippen LogP contribution is -2.09. The standard InChI is InChI=1S/C15H20N2OS/c1-10(2)18-14-9-12(6-7-13(14)16)17-11(3)15-5-4-8-19-15/h4-11,17H,16H2,1-3H3. The van der Waals surface area contributed by atoms with E-state index in [4.69, 9.17) is 10.5 Å². The van der Waals surface area contributed by atoms with Gasteiger partial charge in [0.25, 0.3) is 0 Å². The summed E-state index contributed by atoms with van der Waals surface area (Å²) in [6.07, 6.45) is 0.118. The summed E-state index contributed by atoms with van der Waals surface area (Å²) in [4.78, 5) is 1.31. The quantitative estimate of drug-likeness (QED) is 0.801. The molecule has 0 saturated carbocycles. The maximum absolute atomic E-state index is 5.91. The van der Waals surface area contributed by atoms with E-state index in [1.807, 2.05) is 32.0 Å². The molecule has 3 nitrogen and oxygen atoms in total. The zero-order valence-electron chi connectivity index (χ0n) is 11.5. The van der Waals surface area contributed by atoms with Gasteiger partial charge in [0.15, 0.2) is 0 Å². The van der Waals surface area contributed by atoms with Gasteiger partial charge in [0.2, 0.25) is 0 Å². The molecule has 1 aromatic carbocycles. The Hall–Kier alpha value is -1.68. The molecule has 19 heavy (non-hydrogen) atoms. The van der Waals surface area contributed by atoms with Gasteiger partial charge >= 0.3 is 0 Å². The number of thiophene rings is 1. The first-order valence-electron chi connectivity index (χ1n) is 6.42. The van der Waals surface area contributed by atoms with Gasteiger partial charge in [0.1, 0.15) is 5.75 Å². The largest absolute Gasteiger partial charge is 0.489 e. The summed E-state index contributed by atoms with van der Waals surface area (Å²) in [5.74, 6) is 0.735. The van der Waals surface area contributed by atoms with Crippen LogP contribution in [-0.2, 0) is 0 Å². The molecule has 0 aliphatic carbocycles. The van der Waals surface area contributed by atoms with E-state index in [1.54, 1.807) is 11.3 Å². The van der Waals surface area contributed by atoms with Crippen LogP contribution in [0.15, 0.2) is 35.7 Å². The molecule has 1 atom stereocenters. The third-order valence-electron chi connectivity index (χ3n) is 2.73. The molecule has 0 radical (unpaired) electrons. The minimum absolute atomic E-state index is 0.118. The monoisotopic (exact) mass is 276 g/mol. The molecular formula is C15H20N2OS. The molecule has 0 aliphatic heterocycles. The predicted molar refractivity (Wildman–Crippen MR) is 83.0 cm³/mol. The highest BCUT2D eigenvalue weighted by molar-refractivity contribution is 7.10. The molecule has 0 bridgehead atoms. The lowest BCUT2D eigenvalue weighted by atomic mass is 10.2. The van der Waals surface area contributed by atoms with Crippen LogP contribution in [0, 0.1) is 0 Å². The van der Waals surface area contributed by atoms with E-state index >= 15 is 0 Å². The third kappa shape index (κ3) is 3.64. The highest BCUT2D eigenvalue weighted by Crippen LogP contribution is 2.29. The lowest BCUT2D eigenvalue weighted by Gasteiger charge is -2.17. The van der Waals surface area contributed by atoms with Crippen LogP contribution in [0.1, 0.15) is 31.7 Å². The topological polar surface area (TPSA) is 47.3 Å². The Balaban J connectivity index is 2.12. The summed E-state index contributed by atoms with van der Waals surface area (Å²) < 4.78 is 5.70. The Morgan fingerprint density at radius 2 is 2.00 bits per heavy atom. The van der Waals surface area contributed by atoms with Crippen molar-refractivity contribution in [3.8, 4) is 5.75 Å². The van der Waals surface area contributed by atoms with Gasteiger partial charge in [0.05, 0.1) is 17.8 Å². The van der Waals surface area contributed by atoms with Crippen molar-refractivity contribution in [2.75, 3.05) is 11.1 Å². The third-order valence-corrected chi connectivity index (χ3v) is 3.78. The number of benzene rings is 1. The second kappa shape index (κ2) is 5.97. The fourth-order valence-corrected chi connectivity index (χ4v) is 2.57. The normalized spacial score (nSPS) is 12.4. The highest BCUT2D eigenvalue weighted by Gasteiger charge is 2.09. The highest BCUT2D eigenvalue weighted by atomic mass is 32.1. The van der Waals surface area contributed by atoms with Crippen molar-refractivity contribution in [1.29, 1.82) is 0 Å². The predicted octanol–water partition coefficient (Wildman–Crippen LogP) is 4.29. The number of nitrogen functional groups attached to an aromatic ring is 1. The minimum Gasteiger partial charge on any atom is -0.489 e. The summed E-state index contributed by atoms with van der Waals surface area (Å²) >= 11 is 1.75. The Kier molecular flexibility index (Phi) is 4.32. The molecular weight excluding hydrogens is 256 g/mol. The molecule has 1 aromatic heterocycles. The number of anilines is 2. The Bertz CT molecular complexity index is 523. The average Bonchev–Trinajstić information content (AvgIpc) is 2.86. The van der Waals surface area contributed by atoms with Gasteiger partial charge in [-0.15, -0.1) is 11.3 Å². The van der Waals surface area contributed by atoms with Gasteiger partial charge in [-0.25, -0.2) is 0 Å². The fraction of sp³-hybridized carbons (Fsp3) is 0.333. The van der Waals surface area contributed by atoms with E-state index in [0.29, 0.717) is 5.69 Å². The number of nitrogens with two attached hydrogens (primary N) is 1. The molecule has 1 heterocycles. The van der Waals surface area contributed by atoms with Crippen LogP contribution in [0.25, 0.3) is 0 Å². The van der Waals surface area contributed by atoms with Crippen LogP contribution in [-0.4, -0.2) is 6.10 Å². The van der Waals surface area contributed by atoms with Crippen LogP contribution >= 0.6 is 11.3 Å². The first kappa shape index (κ1) is 13.7. The van der Waals surface area contributed by atoms with Crippen LogP contribution in [0.3, 0.4) is 0 Å². The lowest BCUT2D eigenvalue weighted by molar-refractivity contribution is 0.244. The summed E-state index contributed by atoms with van der Waals surface area (Å²) in [7, 11) is 0. The maximum atomic E-state index is 5.91. The van der Waals surface area contributed by atoms with Gasteiger partial charge in [0, 0.05) is 16.6 Å². The van der Waals surface area contributed by atoms with E-state index < -0.39 is 0 Å². The first-order valence-corrected chi connectivity index (χ1v) is 7.30. The van der Waals surface area contributed by atoms with Crippen LogP contribution in [0.2, 0.25) is 0 Å². The van der Waals surface area contributed by atoms with Gasteiger partial charge in [-0.05, 0) is 44.4 Å². The molecule has 0 saturated heterocycles. The summed E-state index contributed by atoms with van der Waals surface area (Å²) in [6, 6.07) is 10.3. The van der Waals surface area contributed by atoms with Crippen LogP contribution in [0.4, 0.5) is 11.4 Å². The Morgan fingerprint density at radius 1 is 1.21 bits per heavy atom. The van der Waals surface area contributed by atoms with E-state index in [1.165, 1.54) is 4.88 Å². The second-order valence-electron chi connectivity index (χ2n) is 4.80.